The number of hydrogen-bond donors (Lipinski definition) is 0. The van der Waals surface area contributed by atoms with E-state index in [0.29, 0.717) is 48.7 Å². The molecule has 132 valence electrons. The van der Waals surface area contributed by atoms with Crippen LogP contribution >= 0.6 is 0 Å². The Balaban J connectivity index is 1.38. The summed E-state index contributed by atoms with van der Waals surface area (Å²) >= 11 is 0. The third-order valence-electron chi connectivity index (χ3n) is 4.77. The normalized spacial score (nSPS) is 25.2. The quantitative estimate of drug-likeness (QED) is 0.824. The highest BCUT2D eigenvalue weighted by atomic mass is 16.5. The van der Waals surface area contributed by atoms with Crippen molar-refractivity contribution in [1.82, 2.24) is 20.1 Å². The molecule has 4 heterocycles. The van der Waals surface area contributed by atoms with Gasteiger partial charge in [0.15, 0.2) is 0 Å². The fraction of sp³-hybridized carbons (Fsp3) is 0.529. The second-order valence-electron chi connectivity index (χ2n) is 6.48. The lowest BCUT2D eigenvalue weighted by Crippen LogP contribution is -2.32. The summed E-state index contributed by atoms with van der Waals surface area (Å²) in [7, 11) is 1.52. The zero-order valence-corrected chi connectivity index (χ0v) is 14.2. The first-order valence-electron chi connectivity index (χ1n) is 8.36. The predicted octanol–water partition coefficient (Wildman–Crippen LogP) is 1.25. The Bertz CT molecular complexity index is 764. The van der Waals surface area contributed by atoms with E-state index in [1.807, 2.05) is 4.90 Å². The molecule has 0 bridgehead atoms. The lowest BCUT2D eigenvalue weighted by atomic mass is 10.0. The summed E-state index contributed by atoms with van der Waals surface area (Å²) in [5, 5.41) is 7.87. The number of likely N-dealkylation sites (tertiary alicyclic amines) is 1. The van der Waals surface area contributed by atoms with Gasteiger partial charge in [0.25, 0.3) is 5.91 Å². The van der Waals surface area contributed by atoms with Crippen LogP contribution in [0.2, 0.25) is 0 Å². The highest BCUT2D eigenvalue weighted by molar-refractivity contribution is 5.96. The van der Waals surface area contributed by atoms with Crippen LogP contribution in [0.1, 0.15) is 28.6 Å². The molecule has 0 saturated carbocycles. The molecule has 0 radical (unpaired) electrons. The van der Waals surface area contributed by atoms with Gasteiger partial charge < -0.3 is 18.8 Å². The van der Waals surface area contributed by atoms with Gasteiger partial charge in [-0.05, 0) is 18.6 Å². The van der Waals surface area contributed by atoms with Gasteiger partial charge in [0.1, 0.15) is 5.56 Å². The Morgan fingerprint density at radius 3 is 3.00 bits per heavy atom. The molecule has 8 nitrogen and oxygen atoms in total. The first-order valence-corrected chi connectivity index (χ1v) is 8.36. The van der Waals surface area contributed by atoms with Crippen LogP contribution in [0, 0.1) is 12.8 Å². The largest absolute Gasteiger partial charge is 0.480 e. The fourth-order valence-electron chi connectivity index (χ4n) is 3.66. The standard InChI is InChI=1S/C17H20N4O4/c1-10-19-20-15(24-10)7-12-6-11-8-21(9-14(11)25-12)17(22)13-4-3-5-18-16(13)23-2/h3-5,11-12,14H,6-9H2,1-2H3/t11-,12+,14+/m0/s1. The Morgan fingerprint density at radius 1 is 1.40 bits per heavy atom. The maximum absolute atomic E-state index is 12.8. The van der Waals surface area contributed by atoms with Crippen molar-refractivity contribution in [2.45, 2.75) is 32.0 Å². The molecule has 2 aromatic heterocycles. The molecule has 2 saturated heterocycles. The summed E-state index contributed by atoms with van der Waals surface area (Å²) < 4.78 is 16.7. The van der Waals surface area contributed by atoms with Crippen molar-refractivity contribution in [3.05, 3.63) is 35.7 Å². The number of fused-ring (bicyclic) bond motifs is 1. The van der Waals surface area contributed by atoms with Gasteiger partial charge in [0.05, 0.1) is 25.7 Å². The number of aryl methyl sites for hydroxylation is 1. The molecule has 2 aliphatic rings. The third-order valence-corrected chi connectivity index (χ3v) is 4.77. The molecule has 25 heavy (non-hydrogen) atoms. The number of aromatic nitrogens is 3. The van der Waals surface area contributed by atoms with Gasteiger partial charge in [-0.25, -0.2) is 4.98 Å². The maximum Gasteiger partial charge on any atom is 0.259 e. The molecule has 2 aliphatic heterocycles. The van der Waals surface area contributed by atoms with Gasteiger partial charge in [-0.3, -0.25) is 4.79 Å². The molecule has 1 amide bonds. The third kappa shape index (κ3) is 3.09. The summed E-state index contributed by atoms with van der Waals surface area (Å²) in [5.41, 5.74) is 0.489. The monoisotopic (exact) mass is 344 g/mol. The molecule has 0 N–H and O–H groups in total. The van der Waals surface area contributed by atoms with Crippen LogP contribution in [0.15, 0.2) is 22.7 Å². The first-order chi connectivity index (χ1) is 12.1. The average Bonchev–Trinajstić information content (AvgIpc) is 3.29. The van der Waals surface area contributed by atoms with Crippen molar-refractivity contribution in [1.29, 1.82) is 0 Å². The van der Waals surface area contributed by atoms with Crippen molar-refractivity contribution in [3.8, 4) is 5.88 Å². The first kappa shape index (κ1) is 16.0. The lowest BCUT2D eigenvalue weighted by molar-refractivity contribution is 0.0335. The van der Waals surface area contributed by atoms with Crippen molar-refractivity contribution in [2.75, 3.05) is 20.2 Å². The van der Waals surface area contributed by atoms with E-state index in [1.165, 1.54) is 7.11 Å². The molecule has 4 rings (SSSR count). The second kappa shape index (κ2) is 6.44. The minimum absolute atomic E-state index is 0.0561. The molecule has 0 spiro atoms. The van der Waals surface area contributed by atoms with E-state index in [1.54, 1.807) is 25.3 Å². The van der Waals surface area contributed by atoms with E-state index in [0.717, 1.165) is 6.42 Å². The lowest BCUT2D eigenvalue weighted by Gasteiger charge is -2.19. The van der Waals surface area contributed by atoms with Gasteiger partial charge in [-0.2, -0.15) is 0 Å². The molecule has 0 aliphatic carbocycles. The van der Waals surface area contributed by atoms with Crippen LogP contribution in [-0.4, -0.2) is 58.4 Å². The highest BCUT2D eigenvalue weighted by Crippen LogP contribution is 2.35. The highest BCUT2D eigenvalue weighted by Gasteiger charge is 2.44. The second-order valence-corrected chi connectivity index (χ2v) is 6.48. The van der Waals surface area contributed by atoms with Crippen molar-refractivity contribution < 1.29 is 18.7 Å². The number of carbonyl (C=O) groups is 1. The molecular weight excluding hydrogens is 324 g/mol. The van der Waals surface area contributed by atoms with Crippen molar-refractivity contribution >= 4 is 5.91 Å². The average molecular weight is 344 g/mol. The zero-order valence-electron chi connectivity index (χ0n) is 14.2. The van der Waals surface area contributed by atoms with E-state index < -0.39 is 0 Å². The number of ether oxygens (including phenoxy) is 2. The van der Waals surface area contributed by atoms with Gasteiger partial charge in [0.2, 0.25) is 17.7 Å². The summed E-state index contributed by atoms with van der Waals surface area (Å²) in [6.45, 7) is 3.04. The van der Waals surface area contributed by atoms with Gasteiger partial charge >= 0.3 is 0 Å². The number of amides is 1. The number of methoxy groups -OCH3 is 1. The van der Waals surface area contributed by atoms with Gasteiger partial charge in [0, 0.05) is 32.1 Å². The summed E-state index contributed by atoms with van der Waals surface area (Å²) in [5.74, 6) is 1.80. The van der Waals surface area contributed by atoms with E-state index in [2.05, 4.69) is 15.2 Å². The molecule has 8 heteroatoms. The number of pyridine rings is 1. The number of nitrogens with zero attached hydrogens (tertiary/aromatic N) is 4. The van der Waals surface area contributed by atoms with Gasteiger partial charge in [-0.15, -0.1) is 10.2 Å². The fourth-order valence-corrected chi connectivity index (χ4v) is 3.66. The van der Waals surface area contributed by atoms with Crippen LogP contribution in [0.5, 0.6) is 5.88 Å². The summed E-state index contributed by atoms with van der Waals surface area (Å²) in [4.78, 5) is 18.7. The van der Waals surface area contributed by atoms with Crippen LogP contribution in [0.25, 0.3) is 0 Å². The zero-order chi connectivity index (χ0) is 17.4. The smallest absolute Gasteiger partial charge is 0.259 e. The number of rotatable bonds is 4. The van der Waals surface area contributed by atoms with E-state index >= 15 is 0 Å². The number of hydrogen-bond acceptors (Lipinski definition) is 7. The Kier molecular flexibility index (Phi) is 4.12. The predicted molar refractivity (Wildman–Crippen MR) is 86.2 cm³/mol. The molecule has 0 unspecified atom stereocenters. The SMILES string of the molecule is COc1ncccc1C(=O)N1C[C@@H]2C[C@H](Cc3nnc(C)o3)O[C@@H]2C1. The van der Waals surface area contributed by atoms with E-state index in [4.69, 9.17) is 13.9 Å². The van der Waals surface area contributed by atoms with Crippen molar-refractivity contribution in [3.63, 3.8) is 0 Å². The summed E-state index contributed by atoms with van der Waals surface area (Å²) in [6, 6.07) is 3.48. The molecular formula is C17H20N4O4. The molecule has 2 aromatic rings. The van der Waals surface area contributed by atoms with Crippen molar-refractivity contribution in [2.24, 2.45) is 5.92 Å². The summed E-state index contributed by atoms with van der Waals surface area (Å²) in [6.07, 6.45) is 3.25. The van der Waals surface area contributed by atoms with Crippen LogP contribution in [0.4, 0.5) is 0 Å². The molecule has 3 atom stereocenters. The van der Waals surface area contributed by atoms with Crippen LogP contribution in [-0.2, 0) is 11.2 Å². The Morgan fingerprint density at radius 2 is 2.28 bits per heavy atom. The minimum atomic E-state index is -0.0629. The van der Waals surface area contributed by atoms with E-state index in [9.17, 15) is 4.79 Å². The Labute approximate surface area is 145 Å². The van der Waals surface area contributed by atoms with Gasteiger partial charge in [-0.1, -0.05) is 0 Å². The maximum atomic E-state index is 12.8. The molecule has 2 fully saturated rings. The Hall–Kier alpha value is -2.48. The molecule has 0 aromatic carbocycles. The van der Waals surface area contributed by atoms with Crippen LogP contribution < -0.4 is 4.74 Å². The minimum Gasteiger partial charge on any atom is -0.480 e. The van der Waals surface area contributed by atoms with E-state index in [-0.39, 0.29) is 18.1 Å². The topological polar surface area (TPSA) is 90.6 Å². The number of carbonyl (C=O) groups excluding carboxylic acids is 1. The van der Waals surface area contributed by atoms with Crippen LogP contribution in [0.3, 0.4) is 0 Å².